The highest BCUT2D eigenvalue weighted by Crippen LogP contribution is 2.43. The van der Waals surface area contributed by atoms with Crippen molar-refractivity contribution in [2.45, 2.75) is 24.8 Å². The van der Waals surface area contributed by atoms with Crippen LogP contribution >= 0.6 is 0 Å². The van der Waals surface area contributed by atoms with E-state index in [2.05, 4.69) is 6.58 Å². The molecule has 6 heteroatoms. The Bertz CT molecular complexity index is 230. The fourth-order valence-electron chi connectivity index (χ4n) is 1.53. The molecule has 1 saturated heterocycles. The van der Waals surface area contributed by atoms with Crippen molar-refractivity contribution in [3.63, 3.8) is 0 Å². The zero-order valence-corrected chi connectivity index (χ0v) is 7.37. The number of alkyl halides is 4. The topological polar surface area (TPSA) is 3.24 Å². The van der Waals surface area contributed by atoms with Crippen molar-refractivity contribution in [1.82, 2.24) is 4.90 Å². The van der Waals surface area contributed by atoms with E-state index in [-0.39, 0.29) is 13.1 Å². The molecule has 0 bridgehead atoms. The Balaban J connectivity index is 2.97. The van der Waals surface area contributed by atoms with Crippen molar-refractivity contribution in [1.29, 1.82) is 0 Å². The Kier molecular flexibility index (Phi) is 2.85. The van der Waals surface area contributed by atoms with Crippen molar-refractivity contribution in [2.75, 3.05) is 13.1 Å². The summed E-state index contributed by atoms with van der Waals surface area (Å²) in [7, 11) is 0. The number of rotatable bonds is 2. The van der Waals surface area contributed by atoms with Crippen LogP contribution in [0.3, 0.4) is 0 Å². The maximum absolute atomic E-state index is 13.5. The molecule has 1 aliphatic heterocycles. The Labute approximate surface area is 78.2 Å². The second-order valence-corrected chi connectivity index (χ2v) is 3.22. The third kappa shape index (κ3) is 1.63. The summed E-state index contributed by atoms with van der Waals surface area (Å²) in [6.45, 7) is 2.24. The predicted octanol–water partition coefficient (Wildman–Crippen LogP) is 2.79. The van der Waals surface area contributed by atoms with Crippen LogP contribution in [0.2, 0.25) is 0 Å². The molecular weight excluding hydrogens is 205 g/mol. The van der Waals surface area contributed by atoms with E-state index in [1.54, 1.807) is 0 Å². The quantitative estimate of drug-likeness (QED) is 0.505. The predicted molar refractivity (Wildman–Crippen MR) is 40.9 cm³/mol. The van der Waals surface area contributed by atoms with E-state index < -0.39 is 17.8 Å². The third-order valence-corrected chi connectivity index (χ3v) is 2.28. The van der Waals surface area contributed by atoms with E-state index in [0.29, 0.717) is 17.7 Å². The van der Waals surface area contributed by atoms with Gasteiger partial charge in [-0.2, -0.15) is 13.2 Å². The van der Waals surface area contributed by atoms with Gasteiger partial charge in [0.1, 0.15) is 0 Å². The molecule has 0 saturated carbocycles. The first-order chi connectivity index (χ1) is 6.30. The molecule has 1 fully saturated rings. The van der Waals surface area contributed by atoms with Gasteiger partial charge in [-0.1, -0.05) is 6.58 Å². The van der Waals surface area contributed by atoms with Gasteiger partial charge in [-0.3, -0.25) is 4.90 Å². The molecule has 1 atom stereocenters. The molecule has 0 aromatic heterocycles. The molecule has 0 amide bonds. The second kappa shape index (κ2) is 3.49. The van der Waals surface area contributed by atoms with Crippen LogP contribution in [0.25, 0.3) is 0 Å². The molecule has 0 aromatic rings. The summed E-state index contributed by atoms with van der Waals surface area (Å²) < 4.78 is 62.9. The van der Waals surface area contributed by atoms with Gasteiger partial charge < -0.3 is 0 Å². The van der Waals surface area contributed by atoms with Crippen LogP contribution in [0.1, 0.15) is 12.8 Å². The van der Waals surface area contributed by atoms with Gasteiger partial charge in [0.15, 0.2) is 5.83 Å². The first-order valence-electron chi connectivity index (χ1n) is 4.15. The van der Waals surface area contributed by atoms with E-state index in [1.165, 1.54) is 0 Å². The normalized spacial score (nSPS) is 23.5. The molecule has 0 aromatic carbocycles. The fourth-order valence-corrected chi connectivity index (χ4v) is 1.53. The number of halogens is 5. The monoisotopic (exact) mass is 215 g/mol. The molecule has 0 N–H and O–H groups in total. The van der Waals surface area contributed by atoms with Crippen molar-refractivity contribution in [2.24, 2.45) is 0 Å². The molecule has 1 aliphatic rings. The average Bonchev–Trinajstić information content (AvgIpc) is 2.52. The SMILES string of the molecule is C=C(F)C(F)(N1CCCC1)C(F)(F)F. The Morgan fingerprint density at radius 3 is 1.79 bits per heavy atom. The van der Waals surface area contributed by atoms with Gasteiger partial charge in [0.2, 0.25) is 0 Å². The van der Waals surface area contributed by atoms with E-state index in [4.69, 9.17) is 0 Å². The lowest BCUT2D eigenvalue weighted by atomic mass is 10.2. The van der Waals surface area contributed by atoms with Crippen LogP contribution in [-0.4, -0.2) is 30.0 Å². The minimum atomic E-state index is -5.27. The van der Waals surface area contributed by atoms with E-state index in [1.807, 2.05) is 0 Å². The summed E-state index contributed by atoms with van der Waals surface area (Å²) in [4.78, 5) is 0.440. The van der Waals surface area contributed by atoms with E-state index >= 15 is 0 Å². The zero-order chi connectivity index (χ0) is 11.0. The molecule has 0 radical (unpaired) electrons. The maximum atomic E-state index is 13.5. The average molecular weight is 215 g/mol. The highest BCUT2D eigenvalue weighted by molar-refractivity contribution is 5.09. The molecular formula is C8H10F5N. The number of nitrogens with zero attached hydrogens (tertiary/aromatic N) is 1. The highest BCUT2D eigenvalue weighted by atomic mass is 19.4. The van der Waals surface area contributed by atoms with Crippen LogP contribution < -0.4 is 0 Å². The molecule has 82 valence electrons. The Morgan fingerprint density at radius 1 is 1.07 bits per heavy atom. The Hall–Kier alpha value is -0.650. The maximum Gasteiger partial charge on any atom is 0.443 e. The van der Waals surface area contributed by atoms with Gasteiger partial charge in [-0.25, -0.2) is 8.78 Å². The highest BCUT2D eigenvalue weighted by Gasteiger charge is 2.63. The van der Waals surface area contributed by atoms with Gasteiger partial charge in [0.05, 0.1) is 0 Å². The van der Waals surface area contributed by atoms with Crippen molar-refractivity contribution < 1.29 is 22.0 Å². The lowest BCUT2D eigenvalue weighted by Gasteiger charge is -2.34. The van der Waals surface area contributed by atoms with Crippen LogP contribution in [0.4, 0.5) is 22.0 Å². The van der Waals surface area contributed by atoms with Crippen LogP contribution in [0, 0.1) is 0 Å². The summed E-state index contributed by atoms with van der Waals surface area (Å²) >= 11 is 0. The molecule has 1 rings (SSSR count). The summed E-state index contributed by atoms with van der Waals surface area (Å²) in [5.41, 5.74) is 0. The van der Waals surface area contributed by atoms with E-state index in [9.17, 15) is 22.0 Å². The molecule has 1 nitrogen and oxygen atoms in total. The standard InChI is InChI=1S/C8H10F5N/c1-6(9)7(10,8(11,12)13)14-4-2-3-5-14/h1-5H2. The molecule has 1 unspecified atom stereocenters. The van der Waals surface area contributed by atoms with E-state index in [0.717, 1.165) is 0 Å². The summed E-state index contributed by atoms with van der Waals surface area (Å²) in [5, 5.41) is 0. The smallest absolute Gasteiger partial charge is 0.258 e. The van der Waals surface area contributed by atoms with Crippen molar-refractivity contribution >= 4 is 0 Å². The van der Waals surface area contributed by atoms with Crippen LogP contribution in [0.5, 0.6) is 0 Å². The molecule has 0 aliphatic carbocycles. The zero-order valence-electron chi connectivity index (χ0n) is 7.37. The fraction of sp³-hybridized carbons (Fsp3) is 0.750. The molecule has 14 heavy (non-hydrogen) atoms. The minimum absolute atomic E-state index is 0.0983. The first-order valence-corrected chi connectivity index (χ1v) is 4.15. The van der Waals surface area contributed by atoms with Gasteiger partial charge in [-0.05, 0) is 12.8 Å². The van der Waals surface area contributed by atoms with Crippen molar-refractivity contribution in [3.05, 3.63) is 12.4 Å². The molecule has 0 spiro atoms. The summed E-state index contributed by atoms with van der Waals surface area (Å²) in [5.74, 6) is -6.00. The molecule has 1 heterocycles. The number of hydrogen-bond donors (Lipinski definition) is 0. The van der Waals surface area contributed by atoms with Gasteiger partial charge in [0, 0.05) is 13.1 Å². The summed E-state index contributed by atoms with van der Waals surface area (Å²) in [6.07, 6.45) is -4.40. The lowest BCUT2D eigenvalue weighted by molar-refractivity contribution is -0.269. The lowest BCUT2D eigenvalue weighted by Crippen LogP contribution is -2.54. The first kappa shape index (κ1) is 11.4. The number of likely N-dealkylation sites (tertiary alicyclic amines) is 1. The van der Waals surface area contributed by atoms with Gasteiger partial charge in [0.25, 0.3) is 0 Å². The van der Waals surface area contributed by atoms with Crippen LogP contribution in [-0.2, 0) is 0 Å². The van der Waals surface area contributed by atoms with Crippen LogP contribution in [0.15, 0.2) is 12.4 Å². The van der Waals surface area contributed by atoms with Gasteiger partial charge >= 0.3 is 12.0 Å². The van der Waals surface area contributed by atoms with Gasteiger partial charge in [-0.15, -0.1) is 0 Å². The minimum Gasteiger partial charge on any atom is -0.258 e. The summed E-state index contributed by atoms with van der Waals surface area (Å²) in [6, 6.07) is 0. The third-order valence-electron chi connectivity index (χ3n) is 2.28. The second-order valence-electron chi connectivity index (χ2n) is 3.22. The number of hydrogen-bond acceptors (Lipinski definition) is 1. The largest absolute Gasteiger partial charge is 0.443 e. The Morgan fingerprint density at radius 2 is 1.50 bits per heavy atom. The van der Waals surface area contributed by atoms with Crippen molar-refractivity contribution in [3.8, 4) is 0 Å².